The molecule has 0 aromatic carbocycles. The van der Waals surface area contributed by atoms with Crippen molar-refractivity contribution in [3.8, 4) is 0 Å². The molecule has 2 aromatic rings. The largest absolute Gasteiger partial charge is 0.346 e. The smallest absolute Gasteiger partial charge is 0.271 e. The fourth-order valence-electron chi connectivity index (χ4n) is 4.87. The number of nitrogens with zero attached hydrogens (tertiary/aromatic N) is 4. The lowest BCUT2D eigenvalue weighted by atomic mass is 9.89. The fraction of sp³-hybridized carbons (Fsp3) is 0.667. The first-order valence-corrected chi connectivity index (χ1v) is 11.2. The van der Waals surface area contributed by atoms with Crippen LogP contribution in [0.4, 0.5) is 5.13 Å². The van der Waals surface area contributed by atoms with Gasteiger partial charge >= 0.3 is 0 Å². The van der Waals surface area contributed by atoms with Crippen molar-refractivity contribution in [1.82, 2.24) is 19.0 Å². The Morgan fingerprint density at radius 3 is 2.85 bits per heavy atom. The molecule has 3 atom stereocenters. The third kappa shape index (κ3) is 2.93. The molecule has 5 rings (SSSR count). The molecule has 2 bridgehead atoms. The van der Waals surface area contributed by atoms with Crippen molar-refractivity contribution < 1.29 is 4.79 Å². The lowest BCUT2D eigenvalue weighted by Gasteiger charge is -2.24. The molecule has 0 unspecified atom stereocenters. The van der Waals surface area contributed by atoms with Gasteiger partial charge in [0.2, 0.25) is 5.13 Å². The van der Waals surface area contributed by atoms with Crippen LogP contribution in [0.1, 0.15) is 73.6 Å². The summed E-state index contributed by atoms with van der Waals surface area (Å²) in [7, 11) is 0. The Labute approximate surface area is 161 Å². The highest BCUT2D eigenvalue weighted by atomic mass is 32.1. The average Bonchev–Trinajstić information content (AvgIpc) is 3.44. The van der Waals surface area contributed by atoms with E-state index in [1.165, 1.54) is 50.1 Å². The molecule has 26 heavy (non-hydrogen) atoms. The lowest BCUT2D eigenvalue weighted by Crippen LogP contribution is -2.44. The molecular weight excluding hydrogens is 366 g/mol. The van der Waals surface area contributed by atoms with Crippen LogP contribution in [0.25, 0.3) is 0 Å². The monoisotopic (exact) mass is 389 g/mol. The van der Waals surface area contributed by atoms with Crippen LogP contribution < -0.4 is 10.2 Å². The van der Waals surface area contributed by atoms with Crippen molar-refractivity contribution in [1.29, 1.82) is 0 Å². The summed E-state index contributed by atoms with van der Waals surface area (Å²) in [6, 6.07) is 2.79. The van der Waals surface area contributed by atoms with Gasteiger partial charge in [0.1, 0.15) is 11.5 Å². The zero-order valence-electron chi connectivity index (χ0n) is 14.6. The SMILES string of the molecule is O=C(N[C@@H]1C[C@@H]2CC[C@H]1N2c1nc(C2CCCCC2)ns1)c1ccsn1. The summed E-state index contributed by atoms with van der Waals surface area (Å²) >= 11 is 2.87. The van der Waals surface area contributed by atoms with Crippen LogP contribution in [-0.4, -0.2) is 37.8 Å². The van der Waals surface area contributed by atoms with E-state index in [0.29, 0.717) is 23.7 Å². The molecule has 0 spiro atoms. The number of carbonyl (C=O) groups is 1. The summed E-state index contributed by atoms with van der Waals surface area (Å²) in [5, 5.41) is 6.10. The minimum atomic E-state index is -0.0519. The molecule has 1 N–H and O–H groups in total. The summed E-state index contributed by atoms with van der Waals surface area (Å²) < 4.78 is 8.85. The van der Waals surface area contributed by atoms with Crippen molar-refractivity contribution in [2.24, 2.45) is 0 Å². The van der Waals surface area contributed by atoms with Crippen LogP contribution in [0, 0.1) is 0 Å². The highest BCUT2D eigenvalue weighted by Gasteiger charge is 2.48. The van der Waals surface area contributed by atoms with Crippen molar-refractivity contribution in [3.05, 3.63) is 23.0 Å². The first-order valence-electron chi connectivity index (χ1n) is 9.63. The first kappa shape index (κ1) is 16.6. The van der Waals surface area contributed by atoms with Gasteiger partial charge in [-0.05, 0) is 49.7 Å². The van der Waals surface area contributed by atoms with E-state index in [4.69, 9.17) is 9.36 Å². The minimum Gasteiger partial charge on any atom is -0.346 e. The van der Waals surface area contributed by atoms with Crippen molar-refractivity contribution >= 4 is 34.1 Å². The normalized spacial score (nSPS) is 28.6. The van der Waals surface area contributed by atoms with E-state index < -0.39 is 0 Å². The van der Waals surface area contributed by atoms with Crippen LogP contribution in [0.15, 0.2) is 11.4 Å². The molecule has 1 amide bonds. The lowest BCUT2D eigenvalue weighted by molar-refractivity contribution is 0.0927. The molecule has 2 aliphatic heterocycles. The van der Waals surface area contributed by atoms with Gasteiger partial charge in [0.25, 0.3) is 5.91 Å². The fourth-order valence-corrected chi connectivity index (χ4v) is 6.26. The quantitative estimate of drug-likeness (QED) is 0.865. The van der Waals surface area contributed by atoms with E-state index in [1.54, 1.807) is 17.6 Å². The van der Waals surface area contributed by atoms with Gasteiger partial charge in [-0.3, -0.25) is 4.79 Å². The predicted molar refractivity (Wildman–Crippen MR) is 103 cm³/mol. The van der Waals surface area contributed by atoms with Gasteiger partial charge in [-0.25, -0.2) is 4.98 Å². The molecule has 8 heteroatoms. The van der Waals surface area contributed by atoms with E-state index >= 15 is 0 Å². The molecule has 3 fully saturated rings. The molecule has 1 aliphatic carbocycles. The standard InChI is InChI=1S/C18H23N5OS2/c24-17(13-8-9-25-21-13)19-14-10-12-6-7-15(14)23(12)18-20-16(22-26-18)11-4-2-1-3-5-11/h8-9,11-12,14-15H,1-7,10H2,(H,19,24)/t12-,14+,15+/m0/s1. The second-order valence-electron chi connectivity index (χ2n) is 7.68. The maximum Gasteiger partial charge on any atom is 0.271 e. The molecule has 138 valence electrons. The number of carbonyl (C=O) groups excluding carboxylic acids is 1. The number of nitrogens with one attached hydrogen (secondary N) is 1. The Morgan fingerprint density at radius 1 is 1.15 bits per heavy atom. The van der Waals surface area contributed by atoms with Crippen LogP contribution in [-0.2, 0) is 0 Å². The summed E-state index contributed by atoms with van der Waals surface area (Å²) in [5.74, 6) is 1.55. The first-order chi connectivity index (χ1) is 12.8. The number of aromatic nitrogens is 3. The van der Waals surface area contributed by atoms with Crippen LogP contribution in [0.2, 0.25) is 0 Å². The predicted octanol–water partition coefficient (Wildman–Crippen LogP) is 3.58. The molecule has 4 heterocycles. The molecule has 2 saturated heterocycles. The second-order valence-corrected chi connectivity index (χ2v) is 9.07. The van der Waals surface area contributed by atoms with Crippen molar-refractivity contribution in [3.63, 3.8) is 0 Å². The van der Waals surface area contributed by atoms with Gasteiger partial charge in [-0.1, -0.05) is 19.3 Å². The summed E-state index contributed by atoms with van der Waals surface area (Å²) in [6.07, 6.45) is 9.72. The molecule has 2 aromatic heterocycles. The van der Waals surface area contributed by atoms with E-state index in [0.717, 1.165) is 23.8 Å². The van der Waals surface area contributed by atoms with E-state index in [9.17, 15) is 4.79 Å². The third-order valence-corrected chi connectivity index (χ3v) is 7.45. The highest BCUT2D eigenvalue weighted by Crippen LogP contribution is 2.43. The Kier molecular flexibility index (Phi) is 4.40. The number of anilines is 1. The summed E-state index contributed by atoms with van der Waals surface area (Å²) in [4.78, 5) is 19.8. The minimum absolute atomic E-state index is 0.0519. The van der Waals surface area contributed by atoms with E-state index in [2.05, 4.69) is 14.6 Å². The molecule has 1 saturated carbocycles. The Hall–Kier alpha value is -1.54. The van der Waals surface area contributed by atoms with Gasteiger partial charge < -0.3 is 10.2 Å². The maximum atomic E-state index is 12.4. The number of fused-ring (bicyclic) bond motifs is 2. The molecule has 0 radical (unpaired) electrons. The topological polar surface area (TPSA) is 71.0 Å². The number of hydrogen-bond acceptors (Lipinski definition) is 7. The third-order valence-electron chi connectivity index (χ3n) is 6.15. The zero-order valence-corrected chi connectivity index (χ0v) is 16.3. The number of hydrogen-bond donors (Lipinski definition) is 1. The van der Waals surface area contributed by atoms with Gasteiger partial charge in [-0.2, -0.15) is 8.75 Å². The number of rotatable bonds is 4. The van der Waals surface area contributed by atoms with Gasteiger partial charge in [-0.15, -0.1) is 0 Å². The van der Waals surface area contributed by atoms with Crippen molar-refractivity contribution in [2.45, 2.75) is 75.4 Å². The van der Waals surface area contributed by atoms with E-state index in [1.807, 2.05) is 5.38 Å². The maximum absolute atomic E-state index is 12.4. The average molecular weight is 390 g/mol. The van der Waals surface area contributed by atoms with Gasteiger partial charge in [0.05, 0.1) is 12.1 Å². The summed E-state index contributed by atoms with van der Waals surface area (Å²) in [5.41, 5.74) is 0.528. The molecule has 6 nitrogen and oxygen atoms in total. The zero-order chi connectivity index (χ0) is 17.5. The van der Waals surface area contributed by atoms with Crippen LogP contribution in [0.3, 0.4) is 0 Å². The molecule has 3 aliphatic rings. The van der Waals surface area contributed by atoms with Gasteiger partial charge in [0, 0.05) is 28.9 Å². The van der Waals surface area contributed by atoms with Crippen LogP contribution >= 0.6 is 23.1 Å². The Morgan fingerprint density at radius 2 is 2.04 bits per heavy atom. The van der Waals surface area contributed by atoms with Crippen molar-refractivity contribution in [2.75, 3.05) is 4.90 Å². The highest BCUT2D eigenvalue weighted by molar-refractivity contribution is 7.09. The van der Waals surface area contributed by atoms with Gasteiger partial charge in [0.15, 0.2) is 0 Å². The van der Waals surface area contributed by atoms with Crippen LogP contribution in [0.5, 0.6) is 0 Å². The van der Waals surface area contributed by atoms with E-state index in [-0.39, 0.29) is 11.9 Å². The molecular formula is C18H23N5OS2. The Bertz CT molecular complexity index is 770. The summed E-state index contributed by atoms with van der Waals surface area (Å²) in [6.45, 7) is 0. The second kappa shape index (κ2) is 6.88. The Balaban J connectivity index is 1.30. The number of amides is 1.